The van der Waals surface area contributed by atoms with Gasteiger partial charge in [-0.15, -0.1) is 0 Å². The maximum absolute atomic E-state index is 12.2. The molecular weight excluding hydrogens is 284 g/mol. The van der Waals surface area contributed by atoms with Crippen LogP contribution in [-0.4, -0.2) is 19.0 Å². The monoisotopic (exact) mass is 308 g/mol. The highest BCUT2D eigenvalue weighted by molar-refractivity contribution is 5.92. The van der Waals surface area contributed by atoms with Gasteiger partial charge < -0.3 is 10.2 Å². The Morgan fingerprint density at radius 1 is 1.04 bits per heavy atom. The number of aryl methyl sites for hydroxylation is 1. The van der Waals surface area contributed by atoms with Crippen LogP contribution >= 0.6 is 0 Å². The van der Waals surface area contributed by atoms with Gasteiger partial charge >= 0.3 is 0 Å². The molecule has 3 nitrogen and oxygen atoms in total. The zero-order valence-corrected chi connectivity index (χ0v) is 13.7. The van der Waals surface area contributed by atoms with E-state index in [1.807, 2.05) is 37.3 Å². The van der Waals surface area contributed by atoms with E-state index in [1.165, 1.54) is 30.5 Å². The number of piperidine rings is 1. The van der Waals surface area contributed by atoms with E-state index in [-0.39, 0.29) is 5.91 Å². The minimum atomic E-state index is 0.0290. The summed E-state index contributed by atoms with van der Waals surface area (Å²) in [5.41, 5.74) is 4.35. The molecule has 1 aliphatic rings. The summed E-state index contributed by atoms with van der Waals surface area (Å²) in [5, 5.41) is 2.98. The summed E-state index contributed by atoms with van der Waals surface area (Å²) in [7, 11) is 0. The number of rotatable bonds is 4. The van der Waals surface area contributed by atoms with Crippen molar-refractivity contribution in [3.63, 3.8) is 0 Å². The van der Waals surface area contributed by atoms with E-state index in [0.29, 0.717) is 6.42 Å². The van der Waals surface area contributed by atoms with Gasteiger partial charge in [0.2, 0.25) is 5.91 Å². The molecule has 2 aromatic carbocycles. The van der Waals surface area contributed by atoms with Crippen molar-refractivity contribution in [3.8, 4) is 0 Å². The van der Waals surface area contributed by atoms with Crippen molar-refractivity contribution in [1.82, 2.24) is 0 Å². The maximum atomic E-state index is 12.2. The third-order valence-corrected chi connectivity index (χ3v) is 4.32. The third kappa shape index (κ3) is 4.35. The fourth-order valence-corrected chi connectivity index (χ4v) is 3.12. The highest BCUT2D eigenvalue weighted by atomic mass is 16.1. The van der Waals surface area contributed by atoms with Crippen LogP contribution in [0, 0.1) is 6.92 Å². The van der Waals surface area contributed by atoms with Gasteiger partial charge in [-0.2, -0.15) is 0 Å². The van der Waals surface area contributed by atoms with Crippen molar-refractivity contribution in [3.05, 3.63) is 59.7 Å². The Kier molecular flexibility index (Phi) is 4.96. The smallest absolute Gasteiger partial charge is 0.228 e. The van der Waals surface area contributed by atoms with E-state index in [0.717, 1.165) is 24.3 Å². The number of nitrogens with zero attached hydrogens (tertiary/aromatic N) is 1. The quantitative estimate of drug-likeness (QED) is 0.919. The molecule has 0 bridgehead atoms. The molecule has 3 heteroatoms. The average molecular weight is 308 g/mol. The van der Waals surface area contributed by atoms with Crippen LogP contribution in [0.15, 0.2) is 48.5 Å². The molecule has 0 unspecified atom stereocenters. The number of anilines is 2. The second-order valence-electron chi connectivity index (χ2n) is 6.31. The number of amides is 1. The summed E-state index contributed by atoms with van der Waals surface area (Å²) in [6.45, 7) is 4.32. The van der Waals surface area contributed by atoms with Crippen molar-refractivity contribution in [1.29, 1.82) is 0 Å². The third-order valence-electron chi connectivity index (χ3n) is 4.32. The lowest BCUT2D eigenvalue weighted by Gasteiger charge is -2.28. The lowest BCUT2D eigenvalue weighted by atomic mass is 10.1. The topological polar surface area (TPSA) is 32.3 Å². The molecule has 120 valence electrons. The van der Waals surface area contributed by atoms with E-state index < -0.39 is 0 Å². The molecule has 0 spiro atoms. The molecule has 0 radical (unpaired) electrons. The largest absolute Gasteiger partial charge is 0.372 e. The Balaban J connectivity index is 1.58. The molecular formula is C20H24N2O. The molecule has 0 aliphatic carbocycles. The number of carbonyl (C=O) groups is 1. The van der Waals surface area contributed by atoms with Crippen molar-refractivity contribution in [2.24, 2.45) is 0 Å². The van der Waals surface area contributed by atoms with Crippen molar-refractivity contribution in [2.45, 2.75) is 32.6 Å². The van der Waals surface area contributed by atoms with Crippen molar-refractivity contribution >= 4 is 17.3 Å². The van der Waals surface area contributed by atoms with Gasteiger partial charge in [0.15, 0.2) is 0 Å². The molecule has 23 heavy (non-hydrogen) atoms. The molecule has 0 aromatic heterocycles. The second kappa shape index (κ2) is 7.32. The standard InChI is InChI=1S/C20H24N2O/c1-16-6-5-7-17(14-16)15-20(23)21-18-8-10-19(11-9-18)22-12-3-2-4-13-22/h5-11,14H,2-4,12-13,15H2,1H3,(H,21,23). The van der Waals surface area contributed by atoms with Crippen LogP contribution < -0.4 is 10.2 Å². The lowest BCUT2D eigenvalue weighted by molar-refractivity contribution is -0.115. The van der Waals surface area contributed by atoms with Gasteiger partial charge in [-0.25, -0.2) is 0 Å². The molecule has 1 saturated heterocycles. The zero-order chi connectivity index (χ0) is 16.1. The van der Waals surface area contributed by atoms with Crippen LogP contribution in [0.5, 0.6) is 0 Å². The lowest BCUT2D eigenvalue weighted by Crippen LogP contribution is -2.29. The Morgan fingerprint density at radius 2 is 1.78 bits per heavy atom. The zero-order valence-electron chi connectivity index (χ0n) is 13.7. The summed E-state index contributed by atoms with van der Waals surface area (Å²) < 4.78 is 0. The number of hydrogen-bond acceptors (Lipinski definition) is 2. The molecule has 1 N–H and O–H groups in total. The summed E-state index contributed by atoms with van der Waals surface area (Å²) in [6, 6.07) is 16.3. The number of benzene rings is 2. The average Bonchev–Trinajstić information content (AvgIpc) is 2.56. The van der Waals surface area contributed by atoms with Gasteiger partial charge in [-0.3, -0.25) is 4.79 Å². The molecule has 1 amide bonds. The highest BCUT2D eigenvalue weighted by Crippen LogP contribution is 2.21. The van der Waals surface area contributed by atoms with Crippen LogP contribution in [0.25, 0.3) is 0 Å². The predicted molar refractivity (Wildman–Crippen MR) is 96.0 cm³/mol. The van der Waals surface area contributed by atoms with Gasteiger partial charge in [0, 0.05) is 24.5 Å². The first-order valence-electron chi connectivity index (χ1n) is 8.41. The van der Waals surface area contributed by atoms with Gasteiger partial charge in [-0.05, 0) is 56.0 Å². The molecule has 0 atom stereocenters. The van der Waals surface area contributed by atoms with Gasteiger partial charge in [0.1, 0.15) is 0 Å². The number of carbonyl (C=O) groups excluding carboxylic acids is 1. The molecule has 1 fully saturated rings. The molecule has 3 rings (SSSR count). The predicted octanol–water partition coefficient (Wildman–Crippen LogP) is 4.17. The normalized spacial score (nSPS) is 14.6. The second-order valence-corrected chi connectivity index (χ2v) is 6.31. The molecule has 2 aromatic rings. The Bertz CT molecular complexity index is 658. The van der Waals surface area contributed by atoms with Gasteiger partial charge in [0.05, 0.1) is 6.42 Å². The van der Waals surface area contributed by atoms with Crippen LogP contribution in [0.4, 0.5) is 11.4 Å². The molecule has 0 saturated carbocycles. The SMILES string of the molecule is Cc1cccc(CC(=O)Nc2ccc(N3CCCCC3)cc2)c1. The van der Waals surface area contributed by atoms with Crippen LogP contribution in [-0.2, 0) is 11.2 Å². The molecule has 1 aliphatic heterocycles. The van der Waals surface area contributed by atoms with Crippen LogP contribution in [0.3, 0.4) is 0 Å². The van der Waals surface area contributed by atoms with E-state index in [2.05, 4.69) is 28.4 Å². The van der Waals surface area contributed by atoms with Crippen molar-refractivity contribution in [2.75, 3.05) is 23.3 Å². The van der Waals surface area contributed by atoms with E-state index in [1.54, 1.807) is 0 Å². The number of hydrogen-bond donors (Lipinski definition) is 1. The summed E-state index contributed by atoms with van der Waals surface area (Å²) >= 11 is 0. The highest BCUT2D eigenvalue weighted by Gasteiger charge is 2.11. The van der Waals surface area contributed by atoms with Crippen molar-refractivity contribution < 1.29 is 4.79 Å². The first kappa shape index (κ1) is 15.6. The minimum absolute atomic E-state index is 0.0290. The van der Waals surface area contributed by atoms with Crippen LogP contribution in [0.1, 0.15) is 30.4 Å². The first-order valence-corrected chi connectivity index (χ1v) is 8.41. The fourth-order valence-electron chi connectivity index (χ4n) is 3.12. The Morgan fingerprint density at radius 3 is 2.48 bits per heavy atom. The Labute approximate surface area is 138 Å². The number of nitrogens with one attached hydrogen (secondary N) is 1. The minimum Gasteiger partial charge on any atom is -0.372 e. The molecule has 1 heterocycles. The van der Waals surface area contributed by atoms with E-state index in [4.69, 9.17) is 0 Å². The summed E-state index contributed by atoms with van der Waals surface area (Å²) in [5.74, 6) is 0.0290. The van der Waals surface area contributed by atoms with Gasteiger partial charge in [-0.1, -0.05) is 29.8 Å². The summed E-state index contributed by atoms with van der Waals surface area (Å²) in [4.78, 5) is 14.6. The first-order chi connectivity index (χ1) is 11.2. The fraction of sp³-hybridized carbons (Fsp3) is 0.350. The Hall–Kier alpha value is -2.29. The van der Waals surface area contributed by atoms with E-state index >= 15 is 0 Å². The van der Waals surface area contributed by atoms with Crippen LogP contribution in [0.2, 0.25) is 0 Å². The summed E-state index contributed by atoms with van der Waals surface area (Å²) in [6.07, 6.45) is 4.29. The maximum Gasteiger partial charge on any atom is 0.228 e. The van der Waals surface area contributed by atoms with Gasteiger partial charge in [0.25, 0.3) is 0 Å². The van der Waals surface area contributed by atoms with E-state index in [9.17, 15) is 4.79 Å².